The van der Waals surface area contributed by atoms with Crippen LogP contribution >= 0.6 is 34.1 Å². The Hall–Kier alpha value is -2.68. The Morgan fingerprint density at radius 3 is 2.48 bits per heavy atom. The number of benzene rings is 1. The number of rotatable bonds is 14. The molecule has 0 bridgehead atoms. The van der Waals surface area contributed by atoms with Gasteiger partial charge in [-0.1, -0.05) is 58.4 Å². The molecule has 3 aromatic rings. The Morgan fingerprint density at radius 1 is 1.12 bits per heavy atom. The van der Waals surface area contributed by atoms with Gasteiger partial charge < -0.3 is 20.1 Å². The normalized spacial score (nSPS) is 16.5. The fourth-order valence-corrected chi connectivity index (χ4v) is 6.04. The van der Waals surface area contributed by atoms with Crippen LogP contribution in [0.5, 0.6) is 0 Å². The molecule has 266 valence electrons. The molecule has 0 spiro atoms. The van der Waals surface area contributed by atoms with Gasteiger partial charge in [-0.25, -0.2) is 14.4 Å². The van der Waals surface area contributed by atoms with Crippen molar-refractivity contribution in [1.82, 2.24) is 30.4 Å². The minimum absolute atomic E-state index is 0.0468. The summed E-state index contributed by atoms with van der Waals surface area (Å²) in [6.07, 6.45) is 9.71. The number of H-pyrrole nitrogens is 1. The molecule has 4 N–H and O–H groups in total. The van der Waals surface area contributed by atoms with E-state index in [2.05, 4.69) is 88.1 Å². The van der Waals surface area contributed by atoms with E-state index in [9.17, 15) is 9.18 Å². The van der Waals surface area contributed by atoms with Crippen LogP contribution in [0.2, 0.25) is 5.02 Å². The number of halogens is 2. The maximum atomic E-state index is 14.3. The highest BCUT2D eigenvalue weighted by molar-refractivity contribution is 8.29. The third-order valence-electron chi connectivity index (χ3n) is 8.41. The summed E-state index contributed by atoms with van der Waals surface area (Å²) in [6.45, 7) is 14.9. The maximum Gasteiger partial charge on any atom is 0.228 e. The van der Waals surface area contributed by atoms with E-state index >= 15 is 0 Å². The standard InChI is InChI=1S/C25H30ClFN8OS.C9H22OS/c1-3-7-35(8-6-28-2)17-9-15(10-17)24(36)32-23-13-22(29-14-30-23)31-21-12-20(33-34-25(21)37)18-11-16(26)4-5-19(18)27;1-7-8-10-11(5,6)9(2,3)4/h4-5,11-15,17,28H,3,6-10H2,1-2H3,(H,34,37)(H2,29,30,31,32,33,36);7-8H2,1-6H3. The SMILES string of the molecule is CCCN(CCNC)C1CC(C(=O)Nc2cc(Nc3cc(-c4cc(Cl)ccc4F)n[nH]c3=S)ncn2)C1.CCCOS(C)(C)C(C)(C)C. The van der Waals surface area contributed by atoms with Crippen molar-refractivity contribution in [2.75, 3.05) is 56.4 Å². The van der Waals surface area contributed by atoms with E-state index in [0.29, 0.717) is 43.5 Å². The molecule has 0 aliphatic heterocycles. The summed E-state index contributed by atoms with van der Waals surface area (Å²) in [6, 6.07) is 7.90. The first-order valence-electron chi connectivity index (χ1n) is 16.4. The van der Waals surface area contributed by atoms with E-state index in [1.54, 1.807) is 12.1 Å². The Kier molecular flexibility index (Phi) is 15.2. The van der Waals surface area contributed by atoms with Crippen LogP contribution in [-0.4, -0.2) is 87.6 Å². The minimum Gasteiger partial charge on any atom is -0.338 e. The molecule has 0 saturated heterocycles. The summed E-state index contributed by atoms with van der Waals surface area (Å²) in [4.78, 5) is 23.7. The van der Waals surface area contributed by atoms with E-state index < -0.39 is 16.1 Å². The number of hydrogen-bond donors (Lipinski definition) is 4. The van der Waals surface area contributed by atoms with Crippen LogP contribution < -0.4 is 16.0 Å². The third kappa shape index (κ3) is 11.4. The van der Waals surface area contributed by atoms with E-state index in [1.807, 2.05) is 7.05 Å². The largest absolute Gasteiger partial charge is 0.338 e. The Morgan fingerprint density at radius 2 is 1.83 bits per heavy atom. The summed E-state index contributed by atoms with van der Waals surface area (Å²) >= 11 is 11.4. The van der Waals surface area contributed by atoms with Crippen LogP contribution in [0.1, 0.15) is 60.3 Å². The second kappa shape index (κ2) is 18.4. The van der Waals surface area contributed by atoms with Gasteiger partial charge in [0.15, 0.2) is 0 Å². The summed E-state index contributed by atoms with van der Waals surface area (Å²) < 4.78 is 20.8. The zero-order chi connectivity index (χ0) is 35.5. The number of anilines is 3. The maximum absolute atomic E-state index is 14.3. The fraction of sp³-hybridized carbons (Fsp3) is 0.559. The van der Waals surface area contributed by atoms with Crippen molar-refractivity contribution in [1.29, 1.82) is 0 Å². The van der Waals surface area contributed by atoms with Gasteiger partial charge in [0.2, 0.25) is 5.91 Å². The average molecular weight is 723 g/mol. The summed E-state index contributed by atoms with van der Waals surface area (Å²) in [5, 5.41) is 16.4. The highest BCUT2D eigenvalue weighted by atomic mass is 35.5. The molecular formula is C34H52ClFN8O2S2. The fourth-order valence-electron chi connectivity index (χ4n) is 4.78. The van der Waals surface area contributed by atoms with Crippen molar-refractivity contribution in [2.24, 2.45) is 5.92 Å². The van der Waals surface area contributed by atoms with Gasteiger partial charge in [0, 0.05) is 46.4 Å². The van der Waals surface area contributed by atoms with Gasteiger partial charge in [-0.3, -0.25) is 14.8 Å². The predicted octanol–water partition coefficient (Wildman–Crippen LogP) is 7.97. The third-order valence-corrected chi connectivity index (χ3v) is 12.7. The average Bonchev–Trinajstić information content (AvgIpc) is 3.00. The number of aromatic amines is 1. The second-order valence-electron chi connectivity index (χ2n) is 13.2. The zero-order valence-electron chi connectivity index (χ0n) is 29.5. The lowest BCUT2D eigenvalue weighted by molar-refractivity contribution is -0.124. The number of nitrogens with zero attached hydrogens (tertiary/aromatic N) is 4. The van der Waals surface area contributed by atoms with E-state index in [-0.39, 0.29) is 17.4 Å². The summed E-state index contributed by atoms with van der Waals surface area (Å²) in [7, 11) is 1.09. The predicted molar refractivity (Wildman–Crippen MR) is 202 cm³/mol. The van der Waals surface area contributed by atoms with Crippen molar-refractivity contribution < 1.29 is 13.4 Å². The molecule has 1 saturated carbocycles. The van der Waals surface area contributed by atoms with Crippen molar-refractivity contribution in [2.45, 2.75) is 71.1 Å². The first-order chi connectivity index (χ1) is 22.7. The second-order valence-corrected chi connectivity index (χ2v) is 17.9. The Bertz CT molecular complexity index is 1550. The lowest BCUT2D eigenvalue weighted by Crippen LogP contribution is -2.50. The summed E-state index contributed by atoms with van der Waals surface area (Å²) in [5.41, 5.74) is 1.03. The number of aromatic nitrogens is 4. The molecule has 0 radical (unpaired) electrons. The van der Waals surface area contributed by atoms with Crippen molar-refractivity contribution in [3.8, 4) is 11.3 Å². The molecule has 1 aromatic carbocycles. The van der Waals surface area contributed by atoms with Crippen LogP contribution in [-0.2, 0) is 8.98 Å². The number of carbonyl (C=O) groups is 1. The van der Waals surface area contributed by atoms with Crippen LogP contribution in [0.3, 0.4) is 0 Å². The van der Waals surface area contributed by atoms with Crippen LogP contribution in [0, 0.1) is 16.4 Å². The molecule has 2 heterocycles. The highest BCUT2D eigenvalue weighted by Gasteiger charge is 2.37. The van der Waals surface area contributed by atoms with Crippen molar-refractivity contribution >= 4 is 57.4 Å². The van der Waals surface area contributed by atoms with Crippen molar-refractivity contribution in [3.63, 3.8) is 0 Å². The molecule has 1 aliphatic rings. The van der Waals surface area contributed by atoms with Gasteiger partial charge in [-0.2, -0.15) is 5.10 Å². The van der Waals surface area contributed by atoms with Crippen LogP contribution in [0.25, 0.3) is 11.3 Å². The lowest BCUT2D eigenvalue weighted by Gasteiger charge is -2.43. The van der Waals surface area contributed by atoms with E-state index in [4.69, 9.17) is 28.0 Å². The van der Waals surface area contributed by atoms with Gasteiger partial charge in [-0.15, -0.1) is 10.3 Å². The number of nitrogens with one attached hydrogen (secondary N) is 4. The Balaban J connectivity index is 0.000000488. The van der Waals surface area contributed by atoms with Gasteiger partial charge >= 0.3 is 0 Å². The van der Waals surface area contributed by atoms with E-state index in [1.165, 1.54) is 24.5 Å². The molecule has 0 unspecified atom stereocenters. The highest BCUT2D eigenvalue weighted by Crippen LogP contribution is 2.53. The zero-order valence-corrected chi connectivity index (χ0v) is 31.8. The summed E-state index contributed by atoms with van der Waals surface area (Å²) in [5.74, 6) is 0.247. The minimum atomic E-state index is -0.860. The van der Waals surface area contributed by atoms with Crippen LogP contribution in [0.15, 0.2) is 36.7 Å². The monoisotopic (exact) mass is 722 g/mol. The number of likely N-dealkylation sites (N-methyl/N-ethyl adjacent to an activating group) is 1. The van der Waals surface area contributed by atoms with Gasteiger partial charge in [0.1, 0.15) is 28.4 Å². The first-order valence-corrected chi connectivity index (χ1v) is 19.6. The molecule has 10 nitrogen and oxygen atoms in total. The van der Waals surface area contributed by atoms with Gasteiger partial charge in [0.05, 0.1) is 18.0 Å². The molecule has 0 atom stereocenters. The lowest BCUT2D eigenvalue weighted by atomic mass is 9.78. The molecule has 1 fully saturated rings. The van der Waals surface area contributed by atoms with Gasteiger partial charge in [0.25, 0.3) is 0 Å². The molecule has 1 aliphatic carbocycles. The molecule has 48 heavy (non-hydrogen) atoms. The molecule has 2 aromatic heterocycles. The first kappa shape index (κ1) is 39.8. The molecular weight excluding hydrogens is 671 g/mol. The van der Waals surface area contributed by atoms with Gasteiger partial charge in [-0.05, 0) is 76.1 Å². The van der Waals surface area contributed by atoms with E-state index in [0.717, 1.165) is 51.9 Å². The van der Waals surface area contributed by atoms with Crippen LogP contribution in [0.4, 0.5) is 21.7 Å². The smallest absolute Gasteiger partial charge is 0.228 e. The number of hydrogen-bond acceptors (Lipinski definition) is 9. The number of carbonyl (C=O) groups excluding carboxylic acids is 1. The Labute approximate surface area is 296 Å². The molecule has 1 amide bonds. The topological polar surface area (TPSA) is 120 Å². The number of amides is 1. The molecule has 4 rings (SSSR count). The van der Waals surface area contributed by atoms with Crippen molar-refractivity contribution in [3.05, 3.63) is 52.1 Å². The molecule has 14 heteroatoms. The quantitative estimate of drug-likeness (QED) is 0.123.